The van der Waals surface area contributed by atoms with E-state index in [-0.39, 0.29) is 5.75 Å². The minimum absolute atomic E-state index is 0.231. The molecular weight excluding hydrogens is 130 g/mol. The van der Waals surface area contributed by atoms with Crippen molar-refractivity contribution in [2.75, 3.05) is 0 Å². The first-order valence-corrected chi connectivity index (χ1v) is 2.92. The van der Waals surface area contributed by atoms with Gasteiger partial charge in [-0.3, -0.25) is 4.84 Å². The van der Waals surface area contributed by atoms with E-state index in [4.69, 9.17) is 11.0 Å². The van der Waals surface area contributed by atoms with Crippen LogP contribution in [-0.4, -0.2) is 5.11 Å². The van der Waals surface area contributed by atoms with Crippen molar-refractivity contribution in [2.24, 2.45) is 5.90 Å². The molecule has 0 heterocycles. The zero-order valence-electron chi connectivity index (χ0n) is 5.45. The van der Waals surface area contributed by atoms with Gasteiger partial charge in [0.1, 0.15) is 5.75 Å². The van der Waals surface area contributed by atoms with Crippen LogP contribution in [0.15, 0.2) is 24.3 Å². The van der Waals surface area contributed by atoms with Crippen molar-refractivity contribution in [1.29, 1.82) is 0 Å². The predicted molar refractivity (Wildman–Crippen MR) is 37.1 cm³/mol. The second kappa shape index (κ2) is 3.20. The fourth-order valence-corrected chi connectivity index (χ4v) is 0.742. The van der Waals surface area contributed by atoms with Gasteiger partial charge in [-0.1, -0.05) is 12.1 Å². The van der Waals surface area contributed by atoms with E-state index >= 15 is 0 Å². The fourth-order valence-electron chi connectivity index (χ4n) is 0.742. The molecule has 0 saturated heterocycles. The van der Waals surface area contributed by atoms with Gasteiger partial charge < -0.3 is 5.11 Å². The molecule has 0 aliphatic rings. The topological polar surface area (TPSA) is 55.5 Å². The minimum Gasteiger partial charge on any atom is -0.508 e. The van der Waals surface area contributed by atoms with E-state index in [1.807, 2.05) is 6.07 Å². The largest absolute Gasteiger partial charge is 0.508 e. The molecule has 0 fully saturated rings. The summed E-state index contributed by atoms with van der Waals surface area (Å²) in [4.78, 5) is 4.37. The lowest BCUT2D eigenvalue weighted by molar-refractivity contribution is 0.124. The first-order valence-electron chi connectivity index (χ1n) is 2.92. The second-order valence-electron chi connectivity index (χ2n) is 1.98. The average Bonchev–Trinajstić information content (AvgIpc) is 1.88. The van der Waals surface area contributed by atoms with Crippen LogP contribution in [0.25, 0.3) is 0 Å². The van der Waals surface area contributed by atoms with Gasteiger partial charge in [0.15, 0.2) is 0 Å². The number of phenols is 1. The van der Waals surface area contributed by atoms with Crippen LogP contribution in [0, 0.1) is 0 Å². The lowest BCUT2D eigenvalue weighted by Crippen LogP contribution is -1.97. The maximum absolute atomic E-state index is 8.94. The molecule has 0 saturated carbocycles. The highest BCUT2D eigenvalue weighted by Crippen LogP contribution is 2.10. The highest BCUT2D eigenvalue weighted by molar-refractivity contribution is 5.26. The zero-order chi connectivity index (χ0) is 7.40. The van der Waals surface area contributed by atoms with Gasteiger partial charge in [0.05, 0.1) is 6.61 Å². The third-order valence-electron chi connectivity index (χ3n) is 1.16. The highest BCUT2D eigenvalue weighted by Gasteiger charge is 1.91. The number of aromatic hydroxyl groups is 1. The number of nitrogens with two attached hydrogens (primary N) is 1. The maximum Gasteiger partial charge on any atom is 0.115 e. The van der Waals surface area contributed by atoms with Crippen LogP contribution < -0.4 is 5.90 Å². The van der Waals surface area contributed by atoms with Gasteiger partial charge in [0.2, 0.25) is 0 Å². The normalized spacial score (nSPS) is 9.70. The van der Waals surface area contributed by atoms with Crippen molar-refractivity contribution in [2.45, 2.75) is 6.61 Å². The molecule has 3 N–H and O–H groups in total. The second-order valence-corrected chi connectivity index (χ2v) is 1.98. The quantitative estimate of drug-likeness (QED) is 0.595. The van der Waals surface area contributed by atoms with Crippen molar-refractivity contribution in [3.8, 4) is 5.75 Å². The first-order chi connectivity index (χ1) is 4.83. The molecule has 0 aliphatic carbocycles. The Labute approximate surface area is 59.0 Å². The summed E-state index contributed by atoms with van der Waals surface area (Å²) in [6, 6.07) is 6.77. The Morgan fingerprint density at radius 1 is 1.50 bits per heavy atom. The highest BCUT2D eigenvalue weighted by atomic mass is 16.6. The Hall–Kier alpha value is -1.06. The van der Waals surface area contributed by atoms with E-state index < -0.39 is 0 Å². The predicted octanol–water partition coefficient (Wildman–Crippen LogP) is 0.782. The van der Waals surface area contributed by atoms with Crippen molar-refractivity contribution >= 4 is 0 Å². The van der Waals surface area contributed by atoms with Gasteiger partial charge in [0, 0.05) is 0 Å². The Bertz CT molecular complexity index is 213. The molecule has 1 rings (SSSR count). The maximum atomic E-state index is 8.94. The van der Waals surface area contributed by atoms with Crippen LogP contribution in [0.5, 0.6) is 5.75 Å². The standard InChI is InChI=1S/C7H9NO2/c8-10-5-6-2-1-3-7(9)4-6/h1-4,9H,5,8H2. The minimum atomic E-state index is 0.231. The van der Waals surface area contributed by atoms with Gasteiger partial charge in [-0.05, 0) is 17.7 Å². The van der Waals surface area contributed by atoms with Gasteiger partial charge >= 0.3 is 0 Å². The Balaban J connectivity index is 2.75. The van der Waals surface area contributed by atoms with E-state index in [1.165, 1.54) is 0 Å². The monoisotopic (exact) mass is 139 g/mol. The molecular formula is C7H9NO2. The van der Waals surface area contributed by atoms with Gasteiger partial charge in [-0.2, -0.15) is 0 Å². The first kappa shape index (κ1) is 7.05. The number of rotatable bonds is 2. The Kier molecular flexibility index (Phi) is 2.25. The van der Waals surface area contributed by atoms with Crippen molar-refractivity contribution < 1.29 is 9.94 Å². The molecule has 0 amide bonds. The smallest absolute Gasteiger partial charge is 0.115 e. The SMILES string of the molecule is NOCc1cccc(O)c1. The van der Waals surface area contributed by atoms with Crippen molar-refractivity contribution in [3.63, 3.8) is 0 Å². The Morgan fingerprint density at radius 3 is 2.90 bits per heavy atom. The molecule has 1 aromatic carbocycles. The van der Waals surface area contributed by atoms with Crippen LogP contribution in [0.4, 0.5) is 0 Å². The zero-order valence-corrected chi connectivity index (χ0v) is 5.45. The lowest BCUT2D eigenvalue weighted by Gasteiger charge is -1.97. The molecule has 3 heteroatoms. The van der Waals surface area contributed by atoms with E-state index in [0.717, 1.165) is 5.56 Å². The molecule has 54 valence electrons. The van der Waals surface area contributed by atoms with Gasteiger partial charge in [-0.15, -0.1) is 0 Å². The molecule has 10 heavy (non-hydrogen) atoms. The molecule has 0 bridgehead atoms. The van der Waals surface area contributed by atoms with Crippen molar-refractivity contribution in [3.05, 3.63) is 29.8 Å². The molecule has 1 aromatic rings. The molecule has 0 aromatic heterocycles. The summed E-state index contributed by atoms with van der Waals surface area (Å²) in [5, 5.41) is 8.94. The summed E-state index contributed by atoms with van der Waals surface area (Å²) < 4.78 is 0. The number of hydrogen-bond donors (Lipinski definition) is 2. The summed E-state index contributed by atoms with van der Waals surface area (Å²) in [6.45, 7) is 0.328. The third-order valence-corrected chi connectivity index (χ3v) is 1.16. The molecule has 0 unspecified atom stereocenters. The summed E-state index contributed by atoms with van der Waals surface area (Å²) in [5.41, 5.74) is 0.863. The summed E-state index contributed by atoms with van der Waals surface area (Å²) in [6.07, 6.45) is 0. The average molecular weight is 139 g/mol. The van der Waals surface area contributed by atoms with Gasteiger partial charge in [0.25, 0.3) is 0 Å². The number of hydrogen-bond acceptors (Lipinski definition) is 3. The van der Waals surface area contributed by atoms with E-state index in [2.05, 4.69) is 4.84 Å². The molecule has 0 spiro atoms. The molecule has 0 aliphatic heterocycles. The lowest BCUT2D eigenvalue weighted by atomic mass is 10.2. The van der Waals surface area contributed by atoms with E-state index in [0.29, 0.717) is 6.61 Å². The molecule has 3 nitrogen and oxygen atoms in total. The van der Waals surface area contributed by atoms with Crippen LogP contribution in [0.1, 0.15) is 5.56 Å². The van der Waals surface area contributed by atoms with E-state index in [9.17, 15) is 0 Å². The van der Waals surface area contributed by atoms with Crippen LogP contribution in [-0.2, 0) is 11.4 Å². The number of phenolic OH excluding ortho intramolecular Hbond substituents is 1. The summed E-state index contributed by atoms with van der Waals surface area (Å²) in [5.74, 6) is 5.06. The fraction of sp³-hybridized carbons (Fsp3) is 0.143. The van der Waals surface area contributed by atoms with Crippen molar-refractivity contribution in [1.82, 2.24) is 0 Å². The summed E-state index contributed by atoms with van der Waals surface area (Å²) >= 11 is 0. The van der Waals surface area contributed by atoms with Crippen LogP contribution in [0.3, 0.4) is 0 Å². The summed E-state index contributed by atoms with van der Waals surface area (Å²) in [7, 11) is 0. The molecule has 0 atom stereocenters. The third kappa shape index (κ3) is 1.72. The van der Waals surface area contributed by atoms with Gasteiger partial charge in [-0.25, -0.2) is 5.90 Å². The molecule has 0 radical (unpaired) electrons. The van der Waals surface area contributed by atoms with Crippen LogP contribution in [0.2, 0.25) is 0 Å². The van der Waals surface area contributed by atoms with E-state index in [1.54, 1.807) is 18.2 Å². The Morgan fingerprint density at radius 2 is 2.30 bits per heavy atom. The number of benzene rings is 1. The van der Waals surface area contributed by atoms with Crippen LogP contribution >= 0.6 is 0 Å².